The average Bonchev–Trinajstić information content (AvgIpc) is 2.19. The molecule has 1 N–H and O–H groups in total. The first kappa shape index (κ1) is 9.71. The topological polar surface area (TPSA) is 42.0 Å². The summed E-state index contributed by atoms with van der Waals surface area (Å²) in [6.45, 7) is 3.80. The van der Waals surface area contributed by atoms with E-state index >= 15 is 0 Å². The Morgan fingerprint density at radius 2 is 2.15 bits per heavy atom. The molecule has 0 saturated heterocycles. The number of hydrogen-bond donors (Lipinski definition) is 1. The lowest BCUT2D eigenvalue weighted by molar-refractivity contribution is -0.121. The van der Waals surface area contributed by atoms with Gasteiger partial charge in [-0.15, -0.1) is 0 Å². The number of nitrogens with zero attached hydrogens (tertiary/aromatic N) is 1. The van der Waals surface area contributed by atoms with Crippen LogP contribution >= 0.6 is 0 Å². The van der Waals surface area contributed by atoms with Crippen molar-refractivity contribution in [1.29, 1.82) is 0 Å². The van der Waals surface area contributed by atoms with Crippen molar-refractivity contribution < 1.29 is 4.79 Å². The fraction of sp³-hybridized carbons (Fsp3) is 0.400. The maximum Gasteiger partial charge on any atom is 0.220 e. The molecule has 0 aliphatic heterocycles. The molecular weight excluding hydrogens is 164 g/mol. The number of aromatic nitrogens is 1. The molecule has 1 heterocycles. The normalized spacial score (nSPS) is 12.2. The SMILES string of the molecule is CCC(=O)NC(C)c1ccncc1. The van der Waals surface area contributed by atoms with Gasteiger partial charge in [0.15, 0.2) is 0 Å². The fourth-order valence-corrected chi connectivity index (χ4v) is 1.08. The molecule has 13 heavy (non-hydrogen) atoms. The van der Waals surface area contributed by atoms with Crippen molar-refractivity contribution in [3.8, 4) is 0 Å². The summed E-state index contributed by atoms with van der Waals surface area (Å²) in [7, 11) is 0. The minimum atomic E-state index is 0.0652. The van der Waals surface area contributed by atoms with Crippen molar-refractivity contribution in [2.75, 3.05) is 0 Å². The number of rotatable bonds is 3. The molecule has 70 valence electrons. The van der Waals surface area contributed by atoms with Crippen molar-refractivity contribution in [3.05, 3.63) is 30.1 Å². The first-order valence-corrected chi connectivity index (χ1v) is 4.43. The summed E-state index contributed by atoms with van der Waals surface area (Å²) in [5, 5.41) is 2.88. The maximum atomic E-state index is 11.1. The van der Waals surface area contributed by atoms with Crippen molar-refractivity contribution in [2.45, 2.75) is 26.3 Å². The van der Waals surface area contributed by atoms with Crippen LogP contribution in [0.15, 0.2) is 24.5 Å². The van der Waals surface area contributed by atoms with Gasteiger partial charge in [0.2, 0.25) is 5.91 Å². The lowest BCUT2D eigenvalue weighted by atomic mass is 10.1. The Labute approximate surface area is 78.2 Å². The van der Waals surface area contributed by atoms with E-state index in [2.05, 4.69) is 10.3 Å². The van der Waals surface area contributed by atoms with E-state index in [4.69, 9.17) is 0 Å². The van der Waals surface area contributed by atoms with Gasteiger partial charge in [0, 0.05) is 18.8 Å². The van der Waals surface area contributed by atoms with Crippen molar-refractivity contribution >= 4 is 5.91 Å². The predicted molar refractivity (Wildman–Crippen MR) is 51.1 cm³/mol. The van der Waals surface area contributed by atoms with Gasteiger partial charge in [0.25, 0.3) is 0 Å². The highest BCUT2D eigenvalue weighted by Crippen LogP contribution is 2.09. The molecule has 0 aliphatic carbocycles. The van der Waals surface area contributed by atoms with Crippen LogP contribution in [0.3, 0.4) is 0 Å². The second-order valence-corrected chi connectivity index (χ2v) is 2.92. The molecule has 1 unspecified atom stereocenters. The Balaban J connectivity index is 2.59. The van der Waals surface area contributed by atoms with Crippen LogP contribution in [0.2, 0.25) is 0 Å². The zero-order chi connectivity index (χ0) is 9.68. The highest BCUT2D eigenvalue weighted by atomic mass is 16.1. The highest BCUT2D eigenvalue weighted by Gasteiger charge is 2.06. The molecule has 1 atom stereocenters. The van der Waals surface area contributed by atoms with E-state index in [1.165, 1.54) is 0 Å². The van der Waals surface area contributed by atoms with Gasteiger partial charge in [-0.3, -0.25) is 9.78 Å². The molecule has 0 fully saturated rings. The van der Waals surface area contributed by atoms with Gasteiger partial charge in [-0.2, -0.15) is 0 Å². The van der Waals surface area contributed by atoms with E-state index in [0.29, 0.717) is 6.42 Å². The second kappa shape index (κ2) is 4.60. The smallest absolute Gasteiger partial charge is 0.220 e. The minimum absolute atomic E-state index is 0.0652. The molecule has 1 rings (SSSR count). The zero-order valence-corrected chi connectivity index (χ0v) is 7.95. The maximum absolute atomic E-state index is 11.1. The molecule has 0 aliphatic rings. The third-order valence-corrected chi connectivity index (χ3v) is 1.90. The van der Waals surface area contributed by atoms with E-state index in [9.17, 15) is 4.79 Å². The summed E-state index contributed by atoms with van der Waals surface area (Å²) in [5.41, 5.74) is 1.08. The molecule has 1 aromatic rings. The highest BCUT2D eigenvalue weighted by molar-refractivity contribution is 5.75. The van der Waals surface area contributed by atoms with Crippen molar-refractivity contribution in [1.82, 2.24) is 10.3 Å². The molecule has 1 amide bonds. The Bertz CT molecular complexity index is 272. The molecule has 0 spiro atoms. The third kappa shape index (κ3) is 2.86. The van der Waals surface area contributed by atoms with Crippen LogP contribution in [0.4, 0.5) is 0 Å². The van der Waals surface area contributed by atoms with Crippen LogP contribution < -0.4 is 5.32 Å². The summed E-state index contributed by atoms with van der Waals surface area (Å²) in [4.78, 5) is 15.0. The van der Waals surface area contributed by atoms with Crippen LogP contribution in [0.5, 0.6) is 0 Å². The van der Waals surface area contributed by atoms with Crippen molar-refractivity contribution in [3.63, 3.8) is 0 Å². The molecule has 3 heteroatoms. The largest absolute Gasteiger partial charge is 0.350 e. The van der Waals surface area contributed by atoms with E-state index in [1.54, 1.807) is 12.4 Å². The molecular formula is C10H14N2O. The minimum Gasteiger partial charge on any atom is -0.350 e. The molecule has 0 aromatic carbocycles. The van der Waals surface area contributed by atoms with Gasteiger partial charge >= 0.3 is 0 Å². The zero-order valence-electron chi connectivity index (χ0n) is 7.95. The number of carbonyl (C=O) groups excluding carboxylic acids is 1. The van der Waals surface area contributed by atoms with Crippen LogP contribution in [0.25, 0.3) is 0 Å². The predicted octanol–water partition coefficient (Wildman–Crippen LogP) is 1.67. The summed E-state index contributed by atoms with van der Waals surface area (Å²) < 4.78 is 0. The summed E-state index contributed by atoms with van der Waals surface area (Å²) in [6, 6.07) is 3.87. The molecule has 0 bridgehead atoms. The van der Waals surface area contributed by atoms with Crippen LogP contribution in [-0.4, -0.2) is 10.9 Å². The Kier molecular flexibility index (Phi) is 3.43. The number of pyridine rings is 1. The average molecular weight is 178 g/mol. The van der Waals surface area contributed by atoms with Gasteiger partial charge in [-0.1, -0.05) is 6.92 Å². The third-order valence-electron chi connectivity index (χ3n) is 1.90. The van der Waals surface area contributed by atoms with Crippen LogP contribution in [0.1, 0.15) is 31.9 Å². The standard InChI is InChI=1S/C10H14N2O/c1-3-10(13)12-8(2)9-4-6-11-7-5-9/h4-8H,3H2,1-2H3,(H,12,13). The molecule has 1 aromatic heterocycles. The van der Waals surface area contributed by atoms with Crippen LogP contribution in [-0.2, 0) is 4.79 Å². The van der Waals surface area contributed by atoms with Gasteiger partial charge in [0.05, 0.1) is 6.04 Å². The lowest BCUT2D eigenvalue weighted by Crippen LogP contribution is -2.25. The Hall–Kier alpha value is -1.38. The van der Waals surface area contributed by atoms with E-state index < -0.39 is 0 Å². The number of amides is 1. The lowest BCUT2D eigenvalue weighted by Gasteiger charge is -2.12. The molecule has 0 saturated carbocycles. The summed E-state index contributed by atoms with van der Waals surface area (Å²) in [6.07, 6.45) is 3.98. The first-order valence-electron chi connectivity index (χ1n) is 4.43. The summed E-state index contributed by atoms with van der Waals surface area (Å²) >= 11 is 0. The quantitative estimate of drug-likeness (QED) is 0.765. The Morgan fingerprint density at radius 1 is 1.54 bits per heavy atom. The molecule has 0 radical (unpaired) electrons. The summed E-state index contributed by atoms with van der Waals surface area (Å²) in [5.74, 6) is 0.0734. The first-order chi connectivity index (χ1) is 6.24. The van der Waals surface area contributed by atoms with Gasteiger partial charge in [-0.25, -0.2) is 0 Å². The van der Waals surface area contributed by atoms with Gasteiger partial charge in [-0.05, 0) is 24.6 Å². The number of carbonyl (C=O) groups is 1. The van der Waals surface area contributed by atoms with Crippen molar-refractivity contribution in [2.24, 2.45) is 0 Å². The van der Waals surface area contributed by atoms with Crippen LogP contribution in [0, 0.1) is 0 Å². The van der Waals surface area contributed by atoms with E-state index in [0.717, 1.165) is 5.56 Å². The van der Waals surface area contributed by atoms with E-state index in [1.807, 2.05) is 26.0 Å². The fourth-order valence-electron chi connectivity index (χ4n) is 1.08. The number of hydrogen-bond acceptors (Lipinski definition) is 2. The second-order valence-electron chi connectivity index (χ2n) is 2.92. The molecule has 3 nitrogen and oxygen atoms in total. The van der Waals surface area contributed by atoms with Gasteiger partial charge < -0.3 is 5.32 Å². The van der Waals surface area contributed by atoms with E-state index in [-0.39, 0.29) is 11.9 Å². The monoisotopic (exact) mass is 178 g/mol. The Morgan fingerprint density at radius 3 is 2.69 bits per heavy atom. The van der Waals surface area contributed by atoms with Gasteiger partial charge in [0.1, 0.15) is 0 Å². The number of nitrogens with one attached hydrogen (secondary N) is 1.